The number of ether oxygens (including phenoxy) is 1. The topological polar surface area (TPSA) is 66.8 Å². The number of ketones is 1. The fraction of sp³-hybridized carbons (Fsp3) is 0.333. The van der Waals surface area contributed by atoms with E-state index in [-0.39, 0.29) is 11.4 Å². The highest BCUT2D eigenvalue weighted by atomic mass is 16.5. The Kier molecular flexibility index (Phi) is 5.26. The van der Waals surface area contributed by atoms with Gasteiger partial charge >= 0.3 is 0 Å². The third kappa shape index (κ3) is 3.53. The molecule has 1 heterocycles. The number of anilines is 1. The maximum absolute atomic E-state index is 13.2. The van der Waals surface area contributed by atoms with E-state index in [0.29, 0.717) is 11.4 Å². The highest BCUT2D eigenvalue weighted by molar-refractivity contribution is 6.17. The van der Waals surface area contributed by atoms with E-state index in [9.17, 15) is 14.7 Å². The molecule has 3 rings (SSSR count). The molecule has 0 radical (unpaired) electrons. The summed E-state index contributed by atoms with van der Waals surface area (Å²) in [4.78, 5) is 27.9. The zero-order valence-electron chi connectivity index (χ0n) is 17.7. The van der Waals surface area contributed by atoms with Crippen LogP contribution in [0.1, 0.15) is 43.5 Å². The van der Waals surface area contributed by atoms with E-state index in [2.05, 4.69) is 0 Å². The van der Waals surface area contributed by atoms with Gasteiger partial charge in [0.25, 0.3) is 5.91 Å². The Morgan fingerprint density at radius 1 is 1.07 bits per heavy atom. The zero-order chi connectivity index (χ0) is 21.5. The normalized spacial score (nSPS) is 17.1. The van der Waals surface area contributed by atoms with Crippen LogP contribution in [0.2, 0.25) is 0 Å². The number of aryl methyl sites for hydroxylation is 1. The number of hydrogen-bond donors (Lipinski definition) is 1. The molecule has 152 valence electrons. The molecule has 0 bridgehead atoms. The van der Waals surface area contributed by atoms with E-state index in [1.807, 2.05) is 44.2 Å². The number of aliphatic hydroxyl groups excluding tert-OH is 1. The van der Waals surface area contributed by atoms with Crippen LogP contribution in [-0.4, -0.2) is 23.9 Å². The molecule has 1 aliphatic heterocycles. The molecule has 1 atom stereocenters. The molecule has 1 N–H and O–H groups in total. The molecule has 0 spiro atoms. The number of Topliss-reactive ketones (excluding diaryl/α,β-unsaturated/α-hetero) is 1. The average Bonchev–Trinajstić information content (AvgIpc) is 2.94. The van der Waals surface area contributed by atoms with Crippen LogP contribution < -0.4 is 9.64 Å². The monoisotopic (exact) mass is 393 g/mol. The molecule has 1 amide bonds. The fourth-order valence-corrected chi connectivity index (χ4v) is 3.59. The maximum Gasteiger partial charge on any atom is 0.294 e. The van der Waals surface area contributed by atoms with Gasteiger partial charge in [0.15, 0.2) is 11.5 Å². The molecule has 5 heteroatoms. The minimum Gasteiger partial charge on any atom is -0.503 e. The number of hydrogen-bond acceptors (Lipinski definition) is 4. The molecule has 1 aliphatic rings. The van der Waals surface area contributed by atoms with E-state index in [1.165, 1.54) is 4.90 Å². The third-order valence-electron chi connectivity index (χ3n) is 5.40. The Hall–Kier alpha value is -3.08. The smallest absolute Gasteiger partial charge is 0.294 e. The molecule has 1 unspecified atom stereocenters. The van der Waals surface area contributed by atoms with Gasteiger partial charge in [0.2, 0.25) is 0 Å². The molecule has 0 fully saturated rings. The predicted molar refractivity (Wildman–Crippen MR) is 113 cm³/mol. The van der Waals surface area contributed by atoms with E-state index < -0.39 is 23.1 Å². The standard InChI is InChI=1S/C24H27NO4/c1-14-8-7-9-18(15(14)2)25-20(16-10-12-17(29-6)13-11-16)19(21(26)23(25)28)22(27)24(3,4)5/h7-13,20,26H,1-6H3. The summed E-state index contributed by atoms with van der Waals surface area (Å²) in [5.74, 6) is -0.621. The highest BCUT2D eigenvalue weighted by Crippen LogP contribution is 2.44. The second kappa shape index (κ2) is 7.39. The highest BCUT2D eigenvalue weighted by Gasteiger charge is 2.47. The Labute approximate surface area is 171 Å². The number of carbonyl (C=O) groups is 2. The molecular weight excluding hydrogens is 366 g/mol. The van der Waals surface area contributed by atoms with Gasteiger partial charge in [-0.15, -0.1) is 0 Å². The summed E-state index contributed by atoms with van der Waals surface area (Å²) < 4.78 is 5.24. The van der Waals surface area contributed by atoms with Crippen LogP contribution in [0.15, 0.2) is 53.8 Å². The van der Waals surface area contributed by atoms with Crippen molar-refractivity contribution in [2.75, 3.05) is 12.0 Å². The number of amides is 1. The first-order chi connectivity index (χ1) is 13.6. The van der Waals surface area contributed by atoms with Gasteiger partial charge in [0.05, 0.1) is 18.7 Å². The van der Waals surface area contributed by atoms with Crippen molar-refractivity contribution in [1.29, 1.82) is 0 Å². The lowest BCUT2D eigenvalue weighted by Crippen LogP contribution is -2.33. The largest absolute Gasteiger partial charge is 0.503 e. The summed E-state index contributed by atoms with van der Waals surface area (Å²) in [7, 11) is 1.58. The van der Waals surface area contributed by atoms with Crippen molar-refractivity contribution in [3.05, 3.63) is 70.5 Å². The summed E-state index contributed by atoms with van der Waals surface area (Å²) in [6, 6.07) is 12.2. The van der Waals surface area contributed by atoms with Gasteiger partial charge < -0.3 is 9.84 Å². The molecule has 0 aliphatic carbocycles. The number of methoxy groups -OCH3 is 1. The third-order valence-corrected chi connectivity index (χ3v) is 5.40. The molecular formula is C24H27NO4. The SMILES string of the molecule is COc1ccc(C2C(C(=O)C(C)(C)C)=C(O)C(=O)N2c2cccc(C)c2C)cc1. The van der Waals surface area contributed by atoms with Gasteiger partial charge in [-0.05, 0) is 48.7 Å². The lowest BCUT2D eigenvalue weighted by Gasteiger charge is -2.30. The number of benzene rings is 2. The number of nitrogens with zero attached hydrogens (tertiary/aromatic N) is 1. The van der Waals surface area contributed by atoms with Gasteiger partial charge in [-0.3, -0.25) is 14.5 Å². The lowest BCUT2D eigenvalue weighted by molar-refractivity contribution is -0.123. The van der Waals surface area contributed by atoms with Crippen LogP contribution in [0.4, 0.5) is 5.69 Å². The maximum atomic E-state index is 13.2. The predicted octanol–water partition coefficient (Wildman–Crippen LogP) is 4.83. The van der Waals surface area contributed by atoms with E-state index >= 15 is 0 Å². The van der Waals surface area contributed by atoms with Crippen LogP contribution in [0, 0.1) is 19.3 Å². The summed E-state index contributed by atoms with van der Waals surface area (Å²) >= 11 is 0. The van der Waals surface area contributed by atoms with Crippen molar-refractivity contribution in [1.82, 2.24) is 0 Å². The first-order valence-electron chi connectivity index (χ1n) is 9.59. The Morgan fingerprint density at radius 2 is 1.69 bits per heavy atom. The van der Waals surface area contributed by atoms with Crippen molar-refractivity contribution in [3.8, 4) is 5.75 Å². The summed E-state index contributed by atoms with van der Waals surface area (Å²) in [5, 5.41) is 10.8. The minimum atomic E-state index is -0.744. The second-order valence-electron chi connectivity index (χ2n) is 8.41. The first kappa shape index (κ1) is 20.6. The van der Waals surface area contributed by atoms with Crippen LogP contribution in [-0.2, 0) is 9.59 Å². The molecule has 0 saturated heterocycles. The molecule has 2 aromatic carbocycles. The van der Waals surface area contributed by atoms with Gasteiger partial charge in [-0.25, -0.2) is 0 Å². The zero-order valence-corrected chi connectivity index (χ0v) is 17.7. The molecule has 0 aromatic heterocycles. The van der Waals surface area contributed by atoms with Gasteiger partial charge in [-0.2, -0.15) is 0 Å². The van der Waals surface area contributed by atoms with Crippen LogP contribution >= 0.6 is 0 Å². The van der Waals surface area contributed by atoms with Crippen LogP contribution in [0.3, 0.4) is 0 Å². The van der Waals surface area contributed by atoms with Crippen LogP contribution in [0.25, 0.3) is 0 Å². The Morgan fingerprint density at radius 3 is 2.24 bits per heavy atom. The number of aliphatic hydroxyl groups is 1. The van der Waals surface area contributed by atoms with Crippen molar-refractivity contribution < 1.29 is 19.4 Å². The second-order valence-corrected chi connectivity index (χ2v) is 8.41. The molecule has 2 aromatic rings. The minimum absolute atomic E-state index is 0.133. The van der Waals surface area contributed by atoms with E-state index in [4.69, 9.17) is 4.74 Å². The molecule has 29 heavy (non-hydrogen) atoms. The molecule has 5 nitrogen and oxygen atoms in total. The van der Waals surface area contributed by atoms with Crippen molar-refractivity contribution >= 4 is 17.4 Å². The quantitative estimate of drug-likeness (QED) is 0.808. The number of rotatable bonds is 4. The first-order valence-corrected chi connectivity index (χ1v) is 9.59. The van der Waals surface area contributed by atoms with Gasteiger partial charge in [0, 0.05) is 11.1 Å². The van der Waals surface area contributed by atoms with Crippen molar-refractivity contribution in [2.24, 2.45) is 5.41 Å². The van der Waals surface area contributed by atoms with E-state index in [0.717, 1.165) is 16.7 Å². The Balaban J connectivity index is 2.24. The Bertz CT molecular complexity index is 997. The summed E-state index contributed by atoms with van der Waals surface area (Å²) in [6.07, 6.45) is 0. The molecule has 0 saturated carbocycles. The van der Waals surface area contributed by atoms with E-state index in [1.54, 1.807) is 40.0 Å². The summed E-state index contributed by atoms with van der Waals surface area (Å²) in [6.45, 7) is 9.25. The summed E-state index contributed by atoms with van der Waals surface area (Å²) in [5.41, 5.74) is 2.76. The van der Waals surface area contributed by atoms with Gasteiger partial charge in [0.1, 0.15) is 5.75 Å². The average molecular weight is 393 g/mol. The fourth-order valence-electron chi connectivity index (χ4n) is 3.59. The van der Waals surface area contributed by atoms with Crippen molar-refractivity contribution in [2.45, 2.75) is 40.7 Å². The lowest BCUT2D eigenvalue weighted by atomic mass is 9.82. The number of carbonyl (C=O) groups excluding carboxylic acids is 2. The van der Waals surface area contributed by atoms with Crippen molar-refractivity contribution in [3.63, 3.8) is 0 Å². The van der Waals surface area contributed by atoms with Gasteiger partial charge in [-0.1, -0.05) is 45.0 Å². The van der Waals surface area contributed by atoms with Crippen LogP contribution in [0.5, 0.6) is 5.75 Å².